The minimum atomic E-state index is -0.790. The third-order valence-electron chi connectivity index (χ3n) is 6.35. The zero-order valence-corrected chi connectivity index (χ0v) is 24.7. The van der Waals surface area contributed by atoms with Gasteiger partial charge in [0, 0.05) is 10.9 Å². The van der Waals surface area contributed by atoms with Gasteiger partial charge in [0.25, 0.3) is 0 Å². The van der Waals surface area contributed by atoms with Crippen molar-refractivity contribution in [3.05, 3.63) is 27.7 Å². The van der Waals surface area contributed by atoms with E-state index in [1.807, 2.05) is 26.0 Å². The Morgan fingerprint density at radius 3 is 2.03 bits per heavy atom. The van der Waals surface area contributed by atoms with Crippen LogP contribution >= 0.6 is 27.7 Å². The molecule has 1 aromatic rings. The number of amides is 1. The summed E-state index contributed by atoms with van der Waals surface area (Å²) in [6, 6.07) is 3.04. The number of thioether (sulfide) groups is 1. The number of nitrogens with zero attached hydrogens (tertiary/aromatic N) is 1. The van der Waals surface area contributed by atoms with E-state index in [1.165, 1.54) is 63.4 Å². The molecule has 35 heavy (non-hydrogen) atoms. The Balaban J connectivity index is 2.49. The minimum Gasteiger partial charge on any atom is -0.467 e. The van der Waals surface area contributed by atoms with Gasteiger partial charge in [-0.2, -0.15) is 0 Å². The first-order valence-corrected chi connectivity index (χ1v) is 14.8. The zero-order chi connectivity index (χ0) is 26.2. The molecule has 0 N–H and O–H groups in total. The Hall–Kier alpha value is -1.34. The summed E-state index contributed by atoms with van der Waals surface area (Å²) in [6.45, 7) is 7.71. The molecule has 0 aliphatic carbocycles. The molecular weight excluding hydrogens is 526 g/mol. The highest BCUT2D eigenvalue weighted by atomic mass is 79.9. The smallest absolute Gasteiger partial charge is 0.328 e. The molecule has 0 aliphatic heterocycles. The van der Waals surface area contributed by atoms with Crippen LogP contribution in [-0.2, 0) is 19.1 Å². The molecule has 1 rings (SSSR count). The van der Waals surface area contributed by atoms with Crippen molar-refractivity contribution in [2.24, 2.45) is 0 Å². The summed E-state index contributed by atoms with van der Waals surface area (Å²) in [7, 11) is 1.31. The third kappa shape index (κ3) is 11.5. The highest BCUT2D eigenvalue weighted by Gasteiger charge is 2.31. The molecule has 0 spiro atoms. The molecule has 198 valence electrons. The molecule has 0 heterocycles. The second kappa shape index (κ2) is 18.0. The van der Waals surface area contributed by atoms with Crippen molar-refractivity contribution in [2.75, 3.05) is 17.8 Å². The van der Waals surface area contributed by atoms with Gasteiger partial charge in [0.2, 0.25) is 5.91 Å². The van der Waals surface area contributed by atoms with E-state index in [0.29, 0.717) is 12.1 Å². The predicted octanol–water partition coefficient (Wildman–Crippen LogP) is 7.92. The first-order chi connectivity index (χ1) is 16.7. The predicted molar refractivity (Wildman–Crippen MR) is 151 cm³/mol. The number of esters is 1. The molecule has 0 unspecified atom stereocenters. The fourth-order valence-electron chi connectivity index (χ4n) is 4.21. The number of carbonyl (C=O) groups is 3. The number of carbonyl (C=O) groups excluding carboxylic acids is 3. The summed E-state index contributed by atoms with van der Waals surface area (Å²) < 4.78 is 5.76. The van der Waals surface area contributed by atoms with Crippen molar-refractivity contribution in [3.8, 4) is 0 Å². The van der Waals surface area contributed by atoms with Gasteiger partial charge in [-0.15, -0.1) is 0 Å². The number of ether oxygens (including phenoxy) is 1. The summed E-state index contributed by atoms with van der Waals surface area (Å²) in [5.41, 5.74) is 2.43. The third-order valence-corrected chi connectivity index (χ3v) is 8.12. The minimum absolute atomic E-state index is 0.00356. The second-order valence-electron chi connectivity index (χ2n) is 9.25. The summed E-state index contributed by atoms with van der Waals surface area (Å²) in [6.07, 6.45) is 14.1. The molecular formula is C28H44BrNO4S. The maximum atomic E-state index is 13.2. The van der Waals surface area contributed by atoms with Crippen LogP contribution < -0.4 is 4.90 Å². The first-order valence-electron chi connectivity index (χ1n) is 13.1. The van der Waals surface area contributed by atoms with Gasteiger partial charge in [-0.05, 0) is 44.4 Å². The Kier molecular flexibility index (Phi) is 16.3. The molecule has 7 heteroatoms. The molecule has 0 saturated carbocycles. The number of benzene rings is 1. The fourth-order valence-corrected chi connectivity index (χ4v) is 5.24. The van der Waals surface area contributed by atoms with Gasteiger partial charge >= 0.3 is 5.97 Å². The number of unbranched alkanes of at least 4 members (excludes halogenated alkanes) is 10. The lowest BCUT2D eigenvalue weighted by atomic mass is 10.1. The lowest BCUT2D eigenvalue weighted by molar-refractivity contribution is -0.142. The van der Waals surface area contributed by atoms with Crippen LogP contribution in [0.25, 0.3) is 0 Å². The van der Waals surface area contributed by atoms with Crippen LogP contribution in [0.1, 0.15) is 102 Å². The molecule has 1 atom stereocenters. The van der Waals surface area contributed by atoms with Crippen molar-refractivity contribution >= 4 is 50.4 Å². The van der Waals surface area contributed by atoms with E-state index in [-0.39, 0.29) is 16.8 Å². The van der Waals surface area contributed by atoms with Crippen LogP contribution in [0.5, 0.6) is 0 Å². The summed E-state index contributed by atoms with van der Waals surface area (Å²) in [4.78, 5) is 39.4. The number of halogens is 1. The lowest BCUT2D eigenvalue weighted by Crippen LogP contribution is -2.45. The number of hydrogen-bond acceptors (Lipinski definition) is 5. The van der Waals surface area contributed by atoms with Gasteiger partial charge in [-0.1, -0.05) is 105 Å². The SMILES string of the molecule is CCCCCCCCCCCCCC(=O)SCC(=O)N(c1c(C)ccc(Br)c1C)[C@@H](C)C(=O)OC. The van der Waals surface area contributed by atoms with Crippen molar-refractivity contribution in [1.29, 1.82) is 0 Å². The van der Waals surface area contributed by atoms with Crippen LogP contribution in [0.2, 0.25) is 0 Å². The van der Waals surface area contributed by atoms with Crippen LogP contribution in [-0.4, -0.2) is 35.9 Å². The Morgan fingerprint density at radius 1 is 0.943 bits per heavy atom. The Bertz CT molecular complexity index is 814. The number of methoxy groups -OCH3 is 1. The summed E-state index contributed by atoms with van der Waals surface area (Å²) in [5, 5.41) is 0.0302. The molecule has 5 nitrogen and oxygen atoms in total. The Labute approximate surface area is 225 Å². The monoisotopic (exact) mass is 569 g/mol. The average Bonchev–Trinajstić information content (AvgIpc) is 2.85. The van der Waals surface area contributed by atoms with Crippen molar-refractivity contribution in [2.45, 2.75) is 111 Å². The van der Waals surface area contributed by atoms with E-state index in [2.05, 4.69) is 22.9 Å². The second-order valence-corrected chi connectivity index (χ2v) is 11.1. The highest BCUT2D eigenvalue weighted by molar-refractivity contribution is 9.10. The topological polar surface area (TPSA) is 63.7 Å². The molecule has 0 radical (unpaired) electrons. The molecule has 0 saturated heterocycles. The molecule has 0 bridgehead atoms. The lowest BCUT2D eigenvalue weighted by Gasteiger charge is -2.30. The first kappa shape index (κ1) is 31.7. The summed E-state index contributed by atoms with van der Waals surface area (Å²) >= 11 is 4.56. The van der Waals surface area contributed by atoms with Gasteiger partial charge in [0.1, 0.15) is 6.04 Å². The maximum absolute atomic E-state index is 13.2. The molecule has 1 amide bonds. The normalized spacial score (nSPS) is 11.8. The van der Waals surface area contributed by atoms with Gasteiger partial charge in [0.15, 0.2) is 5.12 Å². The van der Waals surface area contributed by atoms with Gasteiger partial charge in [-0.3, -0.25) is 14.5 Å². The van der Waals surface area contributed by atoms with E-state index < -0.39 is 12.0 Å². The number of rotatable bonds is 17. The van der Waals surface area contributed by atoms with E-state index in [0.717, 1.165) is 46.6 Å². The van der Waals surface area contributed by atoms with Gasteiger partial charge < -0.3 is 4.74 Å². The van der Waals surface area contributed by atoms with Crippen LogP contribution in [0.4, 0.5) is 5.69 Å². The van der Waals surface area contributed by atoms with E-state index in [4.69, 9.17) is 4.74 Å². The van der Waals surface area contributed by atoms with Gasteiger partial charge in [0.05, 0.1) is 18.6 Å². The maximum Gasteiger partial charge on any atom is 0.328 e. The van der Waals surface area contributed by atoms with E-state index in [1.54, 1.807) is 6.92 Å². The highest BCUT2D eigenvalue weighted by Crippen LogP contribution is 2.33. The average molecular weight is 571 g/mol. The molecule has 0 aromatic heterocycles. The summed E-state index contributed by atoms with van der Waals surface area (Å²) in [5.74, 6) is -0.761. The number of aryl methyl sites for hydroxylation is 1. The molecule has 0 fully saturated rings. The number of anilines is 1. The van der Waals surface area contributed by atoms with Crippen LogP contribution in [0.3, 0.4) is 0 Å². The van der Waals surface area contributed by atoms with E-state index in [9.17, 15) is 14.4 Å². The van der Waals surface area contributed by atoms with Crippen molar-refractivity contribution < 1.29 is 19.1 Å². The molecule has 1 aromatic carbocycles. The van der Waals surface area contributed by atoms with Crippen LogP contribution in [0.15, 0.2) is 16.6 Å². The number of hydrogen-bond donors (Lipinski definition) is 0. The van der Waals surface area contributed by atoms with Crippen molar-refractivity contribution in [3.63, 3.8) is 0 Å². The van der Waals surface area contributed by atoms with Crippen LogP contribution in [0, 0.1) is 13.8 Å². The largest absolute Gasteiger partial charge is 0.467 e. The zero-order valence-electron chi connectivity index (χ0n) is 22.3. The quantitative estimate of drug-likeness (QED) is 0.141. The van der Waals surface area contributed by atoms with Crippen molar-refractivity contribution in [1.82, 2.24) is 0 Å². The molecule has 0 aliphatic rings. The van der Waals surface area contributed by atoms with Gasteiger partial charge in [-0.25, -0.2) is 4.79 Å². The Morgan fingerprint density at radius 2 is 1.49 bits per heavy atom. The van der Waals surface area contributed by atoms with E-state index >= 15 is 0 Å². The standard InChI is InChI=1S/C28H44BrNO4S/c1-6-7-8-9-10-11-12-13-14-15-16-17-26(32)35-20-25(31)30(23(4)28(33)34-5)27-21(2)18-19-24(29)22(27)3/h18-19,23H,6-17,20H2,1-5H3/t23-/m0/s1. The fraction of sp³-hybridized carbons (Fsp3) is 0.679.